The number of anilines is 1. The Hall–Kier alpha value is -2.69. The lowest BCUT2D eigenvalue weighted by molar-refractivity contribution is -0.497. The van der Waals surface area contributed by atoms with E-state index in [1.54, 1.807) is 9.80 Å². The van der Waals surface area contributed by atoms with Crippen LogP contribution in [0.15, 0.2) is 24.3 Å². The highest BCUT2D eigenvalue weighted by atomic mass is 19.4. The maximum Gasteiger partial charge on any atom is 0.418 e. The topological polar surface area (TPSA) is 95.8 Å². The highest BCUT2D eigenvalue weighted by molar-refractivity contribution is 5.93. The minimum atomic E-state index is -4.57. The fraction of sp³-hybridized carbons (Fsp3) is 0.529. The normalized spacial score (nSPS) is 22.6. The van der Waals surface area contributed by atoms with E-state index in [9.17, 15) is 32.9 Å². The van der Waals surface area contributed by atoms with Crippen molar-refractivity contribution in [3.8, 4) is 0 Å². The molecule has 1 saturated carbocycles. The number of hydrogen-bond donors (Lipinski definition) is 1. The van der Waals surface area contributed by atoms with Gasteiger partial charge in [0.1, 0.15) is 5.92 Å². The second-order valence-corrected chi connectivity index (χ2v) is 6.89. The van der Waals surface area contributed by atoms with Crippen molar-refractivity contribution in [1.29, 1.82) is 0 Å². The van der Waals surface area contributed by atoms with Crippen LogP contribution in [-0.4, -0.2) is 65.3 Å². The summed E-state index contributed by atoms with van der Waals surface area (Å²) in [4.78, 5) is 37.8. The molecule has 2 fully saturated rings. The van der Waals surface area contributed by atoms with Crippen LogP contribution in [0.5, 0.6) is 0 Å². The number of carbonyl (C=O) groups is 2. The second kappa shape index (κ2) is 7.74. The summed E-state index contributed by atoms with van der Waals surface area (Å²) in [6, 6.07) is 3.95. The van der Waals surface area contributed by atoms with E-state index in [1.165, 1.54) is 18.2 Å². The van der Waals surface area contributed by atoms with Gasteiger partial charge in [0.05, 0.1) is 17.8 Å². The Morgan fingerprint density at radius 1 is 1.18 bits per heavy atom. The van der Waals surface area contributed by atoms with E-state index in [-0.39, 0.29) is 24.6 Å². The number of hydrogen-bond acceptors (Lipinski definition) is 5. The molecule has 1 aliphatic heterocycles. The smallest absolute Gasteiger partial charge is 0.340 e. The zero-order chi connectivity index (χ0) is 20.5. The van der Waals surface area contributed by atoms with Crippen molar-refractivity contribution < 1.29 is 27.7 Å². The fourth-order valence-electron chi connectivity index (χ4n) is 3.27. The first-order valence-corrected chi connectivity index (χ1v) is 8.77. The second-order valence-electron chi connectivity index (χ2n) is 6.89. The van der Waals surface area contributed by atoms with E-state index in [1.807, 2.05) is 0 Å². The number of alkyl halides is 3. The van der Waals surface area contributed by atoms with Crippen LogP contribution >= 0.6 is 0 Å². The van der Waals surface area contributed by atoms with E-state index in [0.717, 1.165) is 6.07 Å². The Labute approximate surface area is 158 Å². The van der Waals surface area contributed by atoms with Crippen LogP contribution in [0.4, 0.5) is 18.9 Å². The van der Waals surface area contributed by atoms with Gasteiger partial charge in [-0.2, -0.15) is 13.2 Å². The third-order valence-electron chi connectivity index (χ3n) is 4.90. The van der Waals surface area contributed by atoms with Gasteiger partial charge in [0, 0.05) is 37.5 Å². The highest BCUT2D eigenvalue weighted by Gasteiger charge is 2.54. The molecule has 0 bridgehead atoms. The SMILES string of the molecule is O=C(CN1CCN(C(=O)[C@@H]2C[C@H]2[N+](=O)[O-])CC1)Nc1ccccc1C(F)(F)F. The van der Waals surface area contributed by atoms with Crippen LogP contribution in [0.3, 0.4) is 0 Å². The minimum Gasteiger partial charge on any atom is -0.340 e. The van der Waals surface area contributed by atoms with E-state index in [0.29, 0.717) is 26.2 Å². The van der Waals surface area contributed by atoms with Gasteiger partial charge < -0.3 is 10.2 Å². The van der Waals surface area contributed by atoms with Crippen LogP contribution in [0.2, 0.25) is 0 Å². The number of nitrogens with zero attached hydrogens (tertiary/aromatic N) is 3. The number of piperazine rings is 1. The van der Waals surface area contributed by atoms with Crippen molar-refractivity contribution in [3.05, 3.63) is 39.9 Å². The molecule has 1 aromatic rings. The average molecular weight is 400 g/mol. The number of carbonyl (C=O) groups excluding carboxylic acids is 2. The van der Waals surface area contributed by atoms with Gasteiger partial charge in [-0.1, -0.05) is 12.1 Å². The predicted octanol–water partition coefficient (Wildman–Crippen LogP) is 1.45. The van der Waals surface area contributed by atoms with Gasteiger partial charge >= 0.3 is 6.18 Å². The molecule has 1 N–H and O–H groups in total. The quantitative estimate of drug-likeness (QED) is 0.596. The number of rotatable bonds is 5. The molecule has 1 saturated heterocycles. The Kier molecular flexibility index (Phi) is 5.54. The Morgan fingerprint density at radius 2 is 1.82 bits per heavy atom. The van der Waals surface area contributed by atoms with Gasteiger partial charge in [-0.25, -0.2) is 0 Å². The van der Waals surface area contributed by atoms with Crippen LogP contribution in [0.25, 0.3) is 0 Å². The maximum atomic E-state index is 13.0. The maximum absolute atomic E-state index is 13.0. The summed E-state index contributed by atoms with van der Waals surface area (Å²) in [6.45, 7) is 1.29. The van der Waals surface area contributed by atoms with E-state index >= 15 is 0 Å². The first-order chi connectivity index (χ1) is 13.2. The molecule has 1 aliphatic carbocycles. The highest BCUT2D eigenvalue weighted by Crippen LogP contribution is 2.35. The summed E-state index contributed by atoms with van der Waals surface area (Å²) in [6.07, 6.45) is -4.31. The third kappa shape index (κ3) is 4.58. The number of amides is 2. The molecule has 1 heterocycles. The van der Waals surface area contributed by atoms with Gasteiger partial charge in [-0.3, -0.25) is 24.6 Å². The molecular weight excluding hydrogens is 381 g/mol. The first kappa shape index (κ1) is 20.1. The summed E-state index contributed by atoms with van der Waals surface area (Å²) < 4.78 is 38.9. The molecule has 2 aliphatic rings. The predicted molar refractivity (Wildman–Crippen MR) is 92.0 cm³/mol. The number of nitrogens with one attached hydrogen (secondary N) is 1. The van der Waals surface area contributed by atoms with Crippen LogP contribution in [-0.2, 0) is 15.8 Å². The van der Waals surface area contributed by atoms with Crippen molar-refractivity contribution in [2.24, 2.45) is 5.92 Å². The van der Waals surface area contributed by atoms with Crippen molar-refractivity contribution in [1.82, 2.24) is 9.80 Å². The molecule has 8 nitrogen and oxygen atoms in total. The zero-order valence-corrected chi connectivity index (χ0v) is 14.8. The molecule has 3 rings (SSSR count). The molecule has 0 aromatic heterocycles. The van der Waals surface area contributed by atoms with Gasteiger partial charge in [0.25, 0.3) is 0 Å². The van der Waals surface area contributed by atoms with Gasteiger partial charge in [0.15, 0.2) is 0 Å². The standard InChI is InChI=1S/C17H19F3N4O4/c18-17(19,20)12-3-1-2-4-13(12)21-15(25)10-22-5-7-23(8-6-22)16(26)11-9-14(11)24(27)28/h1-4,11,14H,5-10H2,(H,21,25)/t11-,14-/m1/s1. The van der Waals surface area contributed by atoms with Crippen molar-refractivity contribution in [3.63, 3.8) is 0 Å². The number of halogens is 3. The lowest BCUT2D eigenvalue weighted by atomic mass is 10.1. The number of benzene rings is 1. The molecule has 1 aromatic carbocycles. The largest absolute Gasteiger partial charge is 0.418 e. The number of nitro groups is 1. The summed E-state index contributed by atoms with van der Waals surface area (Å²) in [5.41, 5.74) is -1.21. The number of para-hydroxylation sites is 1. The van der Waals surface area contributed by atoms with Crippen LogP contribution in [0.1, 0.15) is 12.0 Å². The van der Waals surface area contributed by atoms with Gasteiger partial charge in [0.2, 0.25) is 17.9 Å². The first-order valence-electron chi connectivity index (χ1n) is 8.77. The third-order valence-corrected chi connectivity index (χ3v) is 4.90. The minimum absolute atomic E-state index is 0.102. The van der Waals surface area contributed by atoms with E-state index in [4.69, 9.17) is 0 Å². The molecule has 2 amide bonds. The summed E-state index contributed by atoms with van der Waals surface area (Å²) in [5, 5.41) is 13.0. The average Bonchev–Trinajstić information content (AvgIpc) is 3.42. The zero-order valence-electron chi connectivity index (χ0n) is 14.8. The lowest BCUT2D eigenvalue weighted by Crippen LogP contribution is -2.51. The molecule has 2 atom stereocenters. The Morgan fingerprint density at radius 3 is 2.39 bits per heavy atom. The lowest BCUT2D eigenvalue weighted by Gasteiger charge is -2.34. The molecule has 0 radical (unpaired) electrons. The van der Waals surface area contributed by atoms with Gasteiger partial charge in [-0.05, 0) is 12.1 Å². The Bertz CT molecular complexity index is 778. The molecule has 28 heavy (non-hydrogen) atoms. The van der Waals surface area contributed by atoms with Gasteiger partial charge in [-0.15, -0.1) is 0 Å². The monoisotopic (exact) mass is 400 g/mol. The fourth-order valence-corrected chi connectivity index (χ4v) is 3.27. The molecule has 0 spiro atoms. The molecule has 11 heteroatoms. The summed E-state index contributed by atoms with van der Waals surface area (Å²) >= 11 is 0. The summed E-state index contributed by atoms with van der Waals surface area (Å²) in [5.74, 6) is -1.39. The van der Waals surface area contributed by atoms with Crippen LogP contribution < -0.4 is 5.32 Å². The van der Waals surface area contributed by atoms with Crippen LogP contribution in [0, 0.1) is 16.0 Å². The molecule has 152 valence electrons. The molecule has 0 unspecified atom stereocenters. The van der Waals surface area contributed by atoms with Crippen molar-refractivity contribution >= 4 is 17.5 Å². The van der Waals surface area contributed by atoms with E-state index < -0.39 is 34.5 Å². The molecular formula is C17H19F3N4O4. The van der Waals surface area contributed by atoms with Crippen molar-refractivity contribution in [2.75, 3.05) is 38.0 Å². The Balaban J connectivity index is 1.48. The van der Waals surface area contributed by atoms with Crippen molar-refractivity contribution in [2.45, 2.75) is 18.6 Å². The summed E-state index contributed by atoms with van der Waals surface area (Å²) in [7, 11) is 0. The van der Waals surface area contributed by atoms with E-state index in [2.05, 4.69) is 5.32 Å².